The molecule has 208 valence electrons. The van der Waals surface area contributed by atoms with Gasteiger partial charge in [0.25, 0.3) is 5.91 Å². The van der Waals surface area contributed by atoms with Crippen molar-refractivity contribution >= 4 is 11.8 Å². The van der Waals surface area contributed by atoms with Gasteiger partial charge in [0.1, 0.15) is 17.6 Å². The van der Waals surface area contributed by atoms with Crippen LogP contribution in [0, 0.1) is 17.1 Å². The highest BCUT2D eigenvalue weighted by molar-refractivity contribution is 5.97. The van der Waals surface area contributed by atoms with Gasteiger partial charge in [-0.05, 0) is 72.5 Å². The number of methoxy groups -OCH3 is 1. The lowest BCUT2D eigenvalue weighted by Crippen LogP contribution is -2.57. The van der Waals surface area contributed by atoms with Gasteiger partial charge in [-0.2, -0.15) is 5.26 Å². The van der Waals surface area contributed by atoms with Crippen LogP contribution in [0.3, 0.4) is 0 Å². The van der Waals surface area contributed by atoms with Crippen molar-refractivity contribution in [2.24, 2.45) is 5.73 Å². The van der Waals surface area contributed by atoms with Crippen LogP contribution in [0.4, 0.5) is 4.39 Å². The molecular formula is C31H34FN5O3. The number of halogens is 1. The third kappa shape index (κ3) is 7.23. The van der Waals surface area contributed by atoms with Crippen LogP contribution in [0.5, 0.6) is 5.75 Å². The number of likely N-dealkylation sites (tertiary alicyclic amines) is 1. The molecular weight excluding hydrogens is 509 g/mol. The van der Waals surface area contributed by atoms with Crippen molar-refractivity contribution in [1.82, 2.24) is 15.1 Å². The number of carbonyl (C=O) groups is 2. The van der Waals surface area contributed by atoms with Gasteiger partial charge in [-0.25, -0.2) is 4.39 Å². The van der Waals surface area contributed by atoms with E-state index in [2.05, 4.69) is 16.3 Å². The van der Waals surface area contributed by atoms with E-state index in [4.69, 9.17) is 10.5 Å². The average molecular weight is 544 g/mol. The van der Waals surface area contributed by atoms with Crippen LogP contribution in [0.25, 0.3) is 0 Å². The molecule has 1 unspecified atom stereocenters. The molecule has 3 N–H and O–H groups in total. The van der Waals surface area contributed by atoms with Crippen LogP contribution in [0.1, 0.15) is 39.9 Å². The summed E-state index contributed by atoms with van der Waals surface area (Å²) in [4.78, 5) is 30.6. The number of nitrogens with two attached hydrogens (primary N) is 1. The van der Waals surface area contributed by atoms with E-state index in [1.165, 1.54) is 24.3 Å². The van der Waals surface area contributed by atoms with E-state index in [1.54, 1.807) is 24.1 Å². The van der Waals surface area contributed by atoms with E-state index in [9.17, 15) is 19.2 Å². The Balaban J connectivity index is 1.61. The number of benzene rings is 3. The maximum Gasteiger partial charge on any atom is 0.254 e. The SMILES string of the molecule is COc1cccc(CN(Cc2ccc(C#N)cc2)C2CCN(C(=O)c3ccc(F)cc3)[C@@H](C(=O)NCCN)C2)c1. The van der Waals surface area contributed by atoms with Crippen LogP contribution in [-0.4, -0.2) is 60.4 Å². The maximum absolute atomic E-state index is 13.5. The lowest BCUT2D eigenvalue weighted by Gasteiger charge is -2.43. The lowest BCUT2D eigenvalue weighted by molar-refractivity contribution is -0.127. The van der Waals surface area contributed by atoms with Gasteiger partial charge in [-0.1, -0.05) is 24.3 Å². The molecule has 3 aromatic rings. The van der Waals surface area contributed by atoms with Crippen molar-refractivity contribution in [3.05, 3.63) is 101 Å². The van der Waals surface area contributed by atoms with Gasteiger partial charge in [-0.15, -0.1) is 0 Å². The van der Waals surface area contributed by atoms with Gasteiger partial charge in [0.15, 0.2) is 0 Å². The number of amides is 2. The Kier molecular flexibility index (Phi) is 9.84. The molecule has 9 heteroatoms. The second-order valence-electron chi connectivity index (χ2n) is 9.84. The van der Waals surface area contributed by atoms with Crippen molar-refractivity contribution in [2.75, 3.05) is 26.7 Å². The third-order valence-electron chi connectivity index (χ3n) is 7.18. The molecule has 0 aliphatic carbocycles. The minimum atomic E-state index is -0.711. The number of ether oxygens (including phenoxy) is 1. The summed E-state index contributed by atoms with van der Waals surface area (Å²) in [6, 6.07) is 22.1. The summed E-state index contributed by atoms with van der Waals surface area (Å²) in [5, 5.41) is 12.0. The van der Waals surface area contributed by atoms with Crippen molar-refractivity contribution in [3.8, 4) is 11.8 Å². The highest BCUT2D eigenvalue weighted by Gasteiger charge is 2.38. The zero-order valence-electron chi connectivity index (χ0n) is 22.6. The summed E-state index contributed by atoms with van der Waals surface area (Å²) in [6.45, 7) is 2.15. The predicted molar refractivity (Wildman–Crippen MR) is 150 cm³/mol. The number of rotatable bonds is 10. The van der Waals surface area contributed by atoms with Crippen LogP contribution in [-0.2, 0) is 17.9 Å². The molecule has 0 radical (unpaired) electrons. The molecule has 8 nitrogen and oxygen atoms in total. The highest BCUT2D eigenvalue weighted by atomic mass is 19.1. The van der Waals surface area contributed by atoms with Gasteiger partial charge >= 0.3 is 0 Å². The number of nitrogens with one attached hydrogen (secondary N) is 1. The molecule has 2 atom stereocenters. The summed E-state index contributed by atoms with van der Waals surface area (Å²) < 4.78 is 18.9. The van der Waals surface area contributed by atoms with Crippen molar-refractivity contribution in [2.45, 2.75) is 38.0 Å². The quantitative estimate of drug-likeness (QED) is 0.405. The fourth-order valence-corrected chi connectivity index (χ4v) is 5.08. The Morgan fingerprint density at radius 3 is 2.50 bits per heavy atom. The van der Waals surface area contributed by atoms with Gasteiger partial charge < -0.3 is 20.7 Å². The second-order valence-corrected chi connectivity index (χ2v) is 9.84. The fourth-order valence-electron chi connectivity index (χ4n) is 5.08. The number of nitrogens with zero attached hydrogens (tertiary/aromatic N) is 3. The molecule has 1 heterocycles. The molecule has 0 spiro atoms. The van der Waals surface area contributed by atoms with Gasteiger partial charge in [-0.3, -0.25) is 14.5 Å². The zero-order valence-corrected chi connectivity index (χ0v) is 22.6. The fraction of sp³-hybridized carbons (Fsp3) is 0.323. The first-order chi connectivity index (χ1) is 19.4. The number of nitriles is 1. The molecule has 1 aliphatic rings. The van der Waals surface area contributed by atoms with Crippen LogP contribution < -0.4 is 15.8 Å². The average Bonchev–Trinajstić information content (AvgIpc) is 2.99. The normalized spacial score (nSPS) is 16.8. The van der Waals surface area contributed by atoms with Crippen LogP contribution in [0.15, 0.2) is 72.8 Å². The van der Waals surface area contributed by atoms with Crippen molar-refractivity contribution in [1.29, 1.82) is 5.26 Å². The third-order valence-corrected chi connectivity index (χ3v) is 7.18. The van der Waals surface area contributed by atoms with Crippen LogP contribution >= 0.6 is 0 Å². The number of carbonyl (C=O) groups excluding carboxylic acids is 2. The summed E-state index contributed by atoms with van der Waals surface area (Å²) in [7, 11) is 1.63. The molecule has 0 bridgehead atoms. The lowest BCUT2D eigenvalue weighted by atomic mass is 9.93. The van der Waals surface area contributed by atoms with Crippen LogP contribution in [0.2, 0.25) is 0 Å². The van der Waals surface area contributed by atoms with E-state index < -0.39 is 11.9 Å². The van der Waals surface area contributed by atoms with Crippen molar-refractivity contribution < 1.29 is 18.7 Å². The van der Waals surface area contributed by atoms with E-state index >= 15 is 0 Å². The first-order valence-electron chi connectivity index (χ1n) is 13.3. The summed E-state index contributed by atoms with van der Waals surface area (Å²) >= 11 is 0. The molecule has 1 saturated heterocycles. The largest absolute Gasteiger partial charge is 0.497 e. The summed E-state index contributed by atoms with van der Waals surface area (Å²) in [6.07, 6.45) is 1.07. The zero-order chi connectivity index (χ0) is 28.5. The molecule has 3 aromatic carbocycles. The highest BCUT2D eigenvalue weighted by Crippen LogP contribution is 2.28. The van der Waals surface area contributed by atoms with E-state index in [0.717, 1.165) is 16.9 Å². The number of piperidine rings is 1. The Morgan fingerprint density at radius 2 is 1.82 bits per heavy atom. The van der Waals surface area contributed by atoms with E-state index in [0.29, 0.717) is 50.1 Å². The maximum atomic E-state index is 13.5. The van der Waals surface area contributed by atoms with E-state index in [1.807, 2.05) is 36.4 Å². The molecule has 1 fully saturated rings. The Labute approximate surface area is 234 Å². The first kappa shape index (κ1) is 28.7. The predicted octanol–water partition coefficient (Wildman–Crippen LogP) is 3.46. The van der Waals surface area contributed by atoms with E-state index in [-0.39, 0.29) is 24.4 Å². The molecule has 0 saturated carbocycles. The minimum absolute atomic E-state index is 0.0206. The summed E-state index contributed by atoms with van der Waals surface area (Å²) in [5.41, 5.74) is 8.65. The van der Waals surface area contributed by atoms with Gasteiger partial charge in [0.2, 0.25) is 5.91 Å². The standard InChI is InChI=1S/C31H34FN5O3/c1-40-28-4-2-3-24(17-28)21-36(20-23-7-5-22(19-34)6-8-23)27-13-16-37(29(18-27)30(38)35-15-14-33)31(39)25-9-11-26(32)12-10-25/h2-12,17,27,29H,13-16,18,20-21,33H2,1H3,(H,35,38)/t27?,29-/m1/s1. The summed E-state index contributed by atoms with van der Waals surface area (Å²) in [5.74, 6) is -0.235. The minimum Gasteiger partial charge on any atom is -0.497 e. The molecule has 4 rings (SSSR count). The molecule has 1 aliphatic heterocycles. The monoisotopic (exact) mass is 543 g/mol. The Hall–Kier alpha value is -4.26. The smallest absolute Gasteiger partial charge is 0.254 e. The first-order valence-corrected chi connectivity index (χ1v) is 13.3. The Morgan fingerprint density at radius 1 is 1.10 bits per heavy atom. The Bertz CT molecular complexity index is 1340. The second kappa shape index (κ2) is 13.7. The van der Waals surface area contributed by atoms with Gasteiger partial charge in [0.05, 0.1) is 18.7 Å². The van der Waals surface area contributed by atoms with Crippen molar-refractivity contribution in [3.63, 3.8) is 0 Å². The number of hydrogen-bond donors (Lipinski definition) is 2. The molecule has 0 aromatic heterocycles. The molecule has 2 amide bonds. The topological polar surface area (TPSA) is 112 Å². The number of hydrogen-bond acceptors (Lipinski definition) is 6. The molecule has 40 heavy (non-hydrogen) atoms. The van der Waals surface area contributed by atoms with Gasteiger partial charge in [0, 0.05) is 44.3 Å².